The molecule has 0 spiro atoms. The van der Waals surface area contributed by atoms with Gasteiger partial charge in [-0.05, 0) is 31.5 Å². The first kappa shape index (κ1) is 22.2. The molecule has 2 aromatic carbocycles. The third kappa shape index (κ3) is 6.50. The predicted octanol–water partition coefficient (Wildman–Crippen LogP) is 3.84. The van der Waals surface area contributed by atoms with Crippen molar-refractivity contribution in [3.8, 4) is 11.5 Å². The van der Waals surface area contributed by atoms with Crippen LogP contribution in [0.15, 0.2) is 35.4 Å². The SMILES string of the molecule is COc1cc(Cl)c(/C=N/NC(=O)CCC(=O)Nc2ccc(C)cc2C)cc1OC. The maximum absolute atomic E-state index is 12.1. The number of methoxy groups -OCH3 is 2. The predicted molar refractivity (Wildman–Crippen MR) is 114 cm³/mol. The molecule has 2 N–H and O–H groups in total. The fourth-order valence-electron chi connectivity index (χ4n) is 2.59. The van der Waals surface area contributed by atoms with E-state index in [1.54, 1.807) is 12.1 Å². The largest absolute Gasteiger partial charge is 0.493 e. The fourth-order valence-corrected chi connectivity index (χ4v) is 2.79. The van der Waals surface area contributed by atoms with Crippen LogP contribution in [0.2, 0.25) is 5.02 Å². The normalized spacial score (nSPS) is 10.7. The van der Waals surface area contributed by atoms with Crippen LogP contribution < -0.4 is 20.2 Å². The molecule has 29 heavy (non-hydrogen) atoms. The maximum atomic E-state index is 12.1. The molecule has 154 valence electrons. The summed E-state index contributed by atoms with van der Waals surface area (Å²) in [5.41, 5.74) is 5.76. The van der Waals surface area contributed by atoms with Gasteiger partial charge in [0.05, 0.1) is 25.5 Å². The Balaban J connectivity index is 1.86. The summed E-state index contributed by atoms with van der Waals surface area (Å²) in [4.78, 5) is 24.0. The number of halogens is 1. The molecular weight excluding hydrogens is 394 g/mol. The molecule has 0 atom stereocenters. The Labute approximate surface area is 175 Å². The van der Waals surface area contributed by atoms with Crippen molar-refractivity contribution in [2.75, 3.05) is 19.5 Å². The number of nitrogens with one attached hydrogen (secondary N) is 2. The Bertz CT molecular complexity index is 928. The zero-order valence-electron chi connectivity index (χ0n) is 16.8. The van der Waals surface area contributed by atoms with E-state index in [9.17, 15) is 9.59 Å². The van der Waals surface area contributed by atoms with Gasteiger partial charge in [0.25, 0.3) is 0 Å². The van der Waals surface area contributed by atoms with Gasteiger partial charge in [-0.15, -0.1) is 0 Å². The number of hydrazone groups is 1. The molecule has 0 radical (unpaired) electrons. The lowest BCUT2D eigenvalue weighted by Gasteiger charge is -2.09. The molecule has 0 aromatic heterocycles. The lowest BCUT2D eigenvalue weighted by atomic mass is 10.1. The molecule has 2 aromatic rings. The topological polar surface area (TPSA) is 89.0 Å². The molecule has 2 rings (SSSR count). The summed E-state index contributed by atoms with van der Waals surface area (Å²) >= 11 is 6.16. The van der Waals surface area contributed by atoms with E-state index in [0.29, 0.717) is 22.1 Å². The minimum atomic E-state index is -0.381. The highest BCUT2D eigenvalue weighted by atomic mass is 35.5. The molecule has 0 fully saturated rings. The van der Waals surface area contributed by atoms with E-state index in [4.69, 9.17) is 21.1 Å². The first-order valence-electron chi connectivity index (χ1n) is 8.94. The van der Waals surface area contributed by atoms with E-state index >= 15 is 0 Å². The van der Waals surface area contributed by atoms with Crippen molar-refractivity contribution in [1.29, 1.82) is 0 Å². The molecule has 0 aliphatic carbocycles. The van der Waals surface area contributed by atoms with Crippen LogP contribution in [0.1, 0.15) is 29.5 Å². The van der Waals surface area contributed by atoms with Crippen LogP contribution in [0, 0.1) is 13.8 Å². The van der Waals surface area contributed by atoms with E-state index < -0.39 is 0 Å². The standard InChI is InChI=1S/C21H24ClN3O4/c1-13-5-6-17(14(2)9-13)24-20(26)7-8-21(27)25-23-12-15-10-18(28-3)19(29-4)11-16(15)22/h5-6,9-12H,7-8H2,1-4H3,(H,24,26)(H,25,27)/b23-12+. The summed E-state index contributed by atoms with van der Waals surface area (Å²) in [7, 11) is 3.02. The Hall–Kier alpha value is -3.06. The maximum Gasteiger partial charge on any atom is 0.240 e. The highest BCUT2D eigenvalue weighted by Gasteiger charge is 2.10. The number of ether oxygens (including phenoxy) is 2. The van der Waals surface area contributed by atoms with Crippen molar-refractivity contribution >= 4 is 35.3 Å². The van der Waals surface area contributed by atoms with Gasteiger partial charge in [0.2, 0.25) is 11.8 Å². The lowest BCUT2D eigenvalue weighted by Crippen LogP contribution is -2.21. The van der Waals surface area contributed by atoms with Crippen LogP contribution in [0.3, 0.4) is 0 Å². The van der Waals surface area contributed by atoms with Gasteiger partial charge in [-0.25, -0.2) is 5.43 Å². The van der Waals surface area contributed by atoms with E-state index in [2.05, 4.69) is 15.8 Å². The van der Waals surface area contributed by atoms with Crippen molar-refractivity contribution in [1.82, 2.24) is 5.43 Å². The number of amides is 2. The molecule has 0 saturated heterocycles. The van der Waals surface area contributed by atoms with Gasteiger partial charge >= 0.3 is 0 Å². The molecule has 7 nitrogen and oxygen atoms in total. The smallest absolute Gasteiger partial charge is 0.240 e. The minimum Gasteiger partial charge on any atom is -0.493 e. The van der Waals surface area contributed by atoms with Gasteiger partial charge in [0.1, 0.15) is 0 Å². The zero-order valence-corrected chi connectivity index (χ0v) is 17.6. The Kier molecular flexibility index (Phi) is 8.03. The second-order valence-corrected chi connectivity index (χ2v) is 6.80. The third-order valence-electron chi connectivity index (χ3n) is 4.13. The van der Waals surface area contributed by atoms with E-state index in [1.165, 1.54) is 20.4 Å². The van der Waals surface area contributed by atoms with Crippen LogP contribution in [-0.2, 0) is 9.59 Å². The molecular formula is C21H24ClN3O4. The molecule has 0 saturated carbocycles. The number of carbonyl (C=O) groups is 2. The minimum absolute atomic E-state index is 0.00769. The average molecular weight is 418 g/mol. The van der Waals surface area contributed by atoms with E-state index in [0.717, 1.165) is 16.8 Å². The average Bonchev–Trinajstić information content (AvgIpc) is 2.69. The van der Waals surface area contributed by atoms with Crippen LogP contribution in [0.4, 0.5) is 5.69 Å². The summed E-state index contributed by atoms with van der Waals surface area (Å²) in [5, 5.41) is 7.08. The molecule has 0 bridgehead atoms. The number of anilines is 1. The van der Waals surface area contributed by atoms with Gasteiger partial charge < -0.3 is 14.8 Å². The zero-order chi connectivity index (χ0) is 21.4. The van der Waals surface area contributed by atoms with Crippen molar-refractivity contribution in [3.63, 3.8) is 0 Å². The number of rotatable bonds is 8. The van der Waals surface area contributed by atoms with E-state index in [1.807, 2.05) is 32.0 Å². The Morgan fingerprint density at radius 3 is 2.34 bits per heavy atom. The summed E-state index contributed by atoms with van der Waals surface area (Å²) in [6.45, 7) is 3.90. The number of aryl methyl sites for hydroxylation is 2. The number of hydrogen-bond acceptors (Lipinski definition) is 5. The lowest BCUT2D eigenvalue weighted by molar-refractivity contribution is -0.124. The molecule has 0 heterocycles. The number of nitrogens with zero attached hydrogens (tertiary/aromatic N) is 1. The summed E-state index contributed by atoms with van der Waals surface area (Å²) < 4.78 is 10.4. The molecule has 0 unspecified atom stereocenters. The van der Waals surface area contributed by atoms with Crippen molar-refractivity contribution in [2.24, 2.45) is 5.10 Å². The van der Waals surface area contributed by atoms with Gasteiger partial charge in [-0.3, -0.25) is 9.59 Å². The van der Waals surface area contributed by atoms with Crippen LogP contribution in [-0.4, -0.2) is 32.2 Å². The summed E-state index contributed by atoms with van der Waals surface area (Å²) in [6.07, 6.45) is 1.46. The number of benzene rings is 2. The molecule has 8 heteroatoms. The fraction of sp³-hybridized carbons (Fsp3) is 0.286. The molecule has 2 amide bonds. The molecule has 0 aliphatic rings. The number of carbonyl (C=O) groups excluding carboxylic acids is 2. The Morgan fingerprint density at radius 2 is 1.69 bits per heavy atom. The highest BCUT2D eigenvalue weighted by Crippen LogP contribution is 2.32. The van der Waals surface area contributed by atoms with Crippen LogP contribution >= 0.6 is 11.6 Å². The van der Waals surface area contributed by atoms with Gasteiger partial charge in [-0.2, -0.15) is 5.10 Å². The number of hydrogen-bond donors (Lipinski definition) is 2. The van der Waals surface area contributed by atoms with Crippen molar-refractivity contribution < 1.29 is 19.1 Å². The second kappa shape index (κ2) is 10.5. The summed E-state index contributed by atoms with van der Waals surface area (Å²) in [5.74, 6) is 0.369. The Morgan fingerprint density at radius 1 is 1.03 bits per heavy atom. The van der Waals surface area contributed by atoms with Gasteiger partial charge in [0, 0.05) is 30.2 Å². The van der Waals surface area contributed by atoms with Crippen molar-refractivity contribution in [3.05, 3.63) is 52.0 Å². The van der Waals surface area contributed by atoms with Gasteiger partial charge in [-0.1, -0.05) is 29.3 Å². The quantitative estimate of drug-likeness (QED) is 0.504. The van der Waals surface area contributed by atoms with E-state index in [-0.39, 0.29) is 24.7 Å². The third-order valence-corrected chi connectivity index (χ3v) is 4.46. The van der Waals surface area contributed by atoms with Crippen molar-refractivity contribution in [2.45, 2.75) is 26.7 Å². The van der Waals surface area contributed by atoms with Crippen LogP contribution in [0.25, 0.3) is 0 Å². The monoisotopic (exact) mass is 417 g/mol. The first-order chi connectivity index (χ1) is 13.8. The first-order valence-corrected chi connectivity index (χ1v) is 9.32. The molecule has 0 aliphatic heterocycles. The van der Waals surface area contributed by atoms with Gasteiger partial charge in [0.15, 0.2) is 11.5 Å². The van der Waals surface area contributed by atoms with Crippen LogP contribution in [0.5, 0.6) is 11.5 Å². The summed E-state index contributed by atoms with van der Waals surface area (Å²) in [6, 6.07) is 8.99. The highest BCUT2D eigenvalue weighted by molar-refractivity contribution is 6.33. The second-order valence-electron chi connectivity index (χ2n) is 6.39.